The first-order valence-corrected chi connectivity index (χ1v) is 6.14. The molecule has 0 saturated carbocycles. The number of anilines is 1. The lowest BCUT2D eigenvalue weighted by Crippen LogP contribution is -2.23. The molecule has 1 aliphatic rings. The van der Waals surface area contributed by atoms with E-state index in [0.717, 1.165) is 42.2 Å². The number of hydrogen-bond donors (Lipinski definition) is 0. The molecule has 2 heterocycles. The predicted octanol–water partition coefficient (Wildman–Crippen LogP) is 1.95. The first kappa shape index (κ1) is 11.3. The quantitative estimate of drug-likeness (QED) is 0.806. The summed E-state index contributed by atoms with van der Waals surface area (Å²) in [5, 5.41) is 1.12. The molecule has 4 heteroatoms. The van der Waals surface area contributed by atoms with Gasteiger partial charge in [-0.05, 0) is 37.4 Å². The van der Waals surface area contributed by atoms with Crippen LogP contribution in [-0.2, 0) is 0 Å². The number of likely N-dealkylation sites (N-methyl/N-ethyl adjacent to an activating group) is 1. The molecular formula is C14H17N3O. The number of nitrogens with zero attached hydrogens (tertiary/aromatic N) is 3. The van der Waals surface area contributed by atoms with Gasteiger partial charge in [0.1, 0.15) is 11.6 Å². The van der Waals surface area contributed by atoms with Crippen molar-refractivity contribution in [3.63, 3.8) is 0 Å². The van der Waals surface area contributed by atoms with Crippen LogP contribution in [0.1, 0.15) is 0 Å². The molecule has 4 nitrogen and oxygen atoms in total. The van der Waals surface area contributed by atoms with Crippen molar-refractivity contribution in [1.29, 1.82) is 0 Å². The van der Waals surface area contributed by atoms with Gasteiger partial charge in [0, 0.05) is 18.5 Å². The number of aromatic nitrogens is 1. The van der Waals surface area contributed by atoms with Crippen molar-refractivity contribution in [2.24, 2.45) is 0 Å². The molecule has 3 rings (SSSR count). The maximum atomic E-state index is 5.22. The molecule has 1 aromatic heterocycles. The van der Waals surface area contributed by atoms with Crippen LogP contribution in [0.2, 0.25) is 0 Å². The van der Waals surface area contributed by atoms with E-state index in [1.165, 1.54) is 0 Å². The normalized spacial score (nSPS) is 16.4. The molecule has 0 spiro atoms. The van der Waals surface area contributed by atoms with Crippen molar-refractivity contribution >= 4 is 16.7 Å². The Morgan fingerprint density at radius 2 is 2.06 bits per heavy atom. The Kier molecular flexibility index (Phi) is 2.80. The molecule has 0 N–H and O–H groups in total. The van der Waals surface area contributed by atoms with Crippen LogP contribution in [0.15, 0.2) is 30.3 Å². The molecule has 18 heavy (non-hydrogen) atoms. The topological polar surface area (TPSA) is 28.6 Å². The van der Waals surface area contributed by atoms with E-state index < -0.39 is 0 Å². The number of hydrogen-bond acceptors (Lipinski definition) is 4. The van der Waals surface area contributed by atoms with Crippen LogP contribution in [0.3, 0.4) is 0 Å². The lowest BCUT2D eigenvalue weighted by atomic mass is 10.2. The largest absolute Gasteiger partial charge is 0.497 e. The summed E-state index contributed by atoms with van der Waals surface area (Å²) in [4.78, 5) is 9.30. The molecule has 0 amide bonds. The molecule has 1 fully saturated rings. The zero-order valence-corrected chi connectivity index (χ0v) is 10.8. The molecule has 94 valence electrons. The standard InChI is InChI=1S/C14H17N3O/c1-16-7-8-17(10-16)14-6-3-11-9-12(18-2)4-5-13(11)15-14/h3-6,9H,7-8,10H2,1-2H3. The van der Waals surface area contributed by atoms with Gasteiger partial charge in [-0.2, -0.15) is 0 Å². The number of ether oxygens (including phenoxy) is 1. The molecule has 2 aromatic rings. The molecular weight excluding hydrogens is 226 g/mol. The van der Waals surface area contributed by atoms with Crippen LogP contribution in [-0.4, -0.2) is 43.8 Å². The Hall–Kier alpha value is -1.81. The smallest absolute Gasteiger partial charge is 0.130 e. The Morgan fingerprint density at radius 3 is 2.78 bits per heavy atom. The van der Waals surface area contributed by atoms with Gasteiger partial charge in [-0.1, -0.05) is 0 Å². The average molecular weight is 243 g/mol. The zero-order valence-electron chi connectivity index (χ0n) is 10.8. The third-order valence-corrected chi connectivity index (χ3v) is 3.37. The minimum absolute atomic E-state index is 0.873. The fraction of sp³-hybridized carbons (Fsp3) is 0.357. The molecule has 0 unspecified atom stereocenters. The minimum atomic E-state index is 0.873. The average Bonchev–Trinajstić information content (AvgIpc) is 2.84. The number of pyridine rings is 1. The van der Waals surface area contributed by atoms with Crippen LogP contribution in [0.5, 0.6) is 5.75 Å². The number of rotatable bonds is 2. The monoisotopic (exact) mass is 243 g/mol. The second-order valence-corrected chi connectivity index (χ2v) is 4.71. The molecule has 0 radical (unpaired) electrons. The molecule has 1 aliphatic heterocycles. The van der Waals surface area contributed by atoms with Crippen LogP contribution >= 0.6 is 0 Å². The van der Waals surface area contributed by atoms with E-state index in [4.69, 9.17) is 9.72 Å². The highest BCUT2D eigenvalue weighted by Crippen LogP contribution is 2.23. The van der Waals surface area contributed by atoms with Gasteiger partial charge in [0.15, 0.2) is 0 Å². The molecule has 0 aliphatic carbocycles. The SMILES string of the molecule is COc1ccc2nc(N3CCN(C)C3)ccc2c1. The van der Waals surface area contributed by atoms with Gasteiger partial charge in [0.2, 0.25) is 0 Å². The molecule has 1 aromatic carbocycles. The van der Waals surface area contributed by atoms with Crippen molar-refractivity contribution in [3.8, 4) is 5.75 Å². The van der Waals surface area contributed by atoms with E-state index in [9.17, 15) is 0 Å². The highest BCUT2D eigenvalue weighted by atomic mass is 16.5. The summed E-state index contributed by atoms with van der Waals surface area (Å²) in [7, 11) is 3.81. The van der Waals surface area contributed by atoms with E-state index in [1.807, 2.05) is 18.2 Å². The lowest BCUT2D eigenvalue weighted by Gasteiger charge is -2.17. The highest BCUT2D eigenvalue weighted by molar-refractivity contribution is 5.81. The van der Waals surface area contributed by atoms with E-state index in [0.29, 0.717) is 0 Å². The molecule has 1 saturated heterocycles. The van der Waals surface area contributed by atoms with Gasteiger partial charge < -0.3 is 9.64 Å². The van der Waals surface area contributed by atoms with Gasteiger partial charge in [0.25, 0.3) is 0 Å². The number of fused-ring (bicyclic) bond motifs is 1. The summed E-state index contributed by atoms with van der Waals surface area (Å²) in [6.45, 7) is 3.10. The maximum Gasteiger partial charge on any atom is 0.130 e. The summed E-state index contributed by atoms with van der Waals surface area (Å²) in [5.74, 6) is 1.93. The summed E-state index contributed by atoms with van der Waals surface area (Å²) < 4.78 is 5.22. The highest BCUT2D eigenvalue weighted by Gasteiger charge is 2.17. The van der Waals surface area contributed by atoms with E-state index >= 15 is 0 Å². The summed E-state index contributed by atoms with van der Waals surface area (Å²) in [6.07, 6.45) is 0. The number of methoxy groups -OCH3 is 1. The van der Waals surface area contributed by atoms with Crippen LogP contribution < -0.4 is 9.64 Å². The molecule has 0 atom stereocenters. The fourth-order valence-corrected chi connectivity index (χ4v) is 2.31. The third-order valence-electron chi connectivity index (χ3n) is 3.37. The summed E-state index contributed by atoms with van der Waals surface area (Å²) in [6, 6.07) is 10.2. The van der Waals surface area contributed by atoms with Gasteiger partial charge in [-0.15, -0.1) is 0 Å². The zero-order chi connectivity index (χ0) is 12.5. The first-order valence-electron chi connectivity index (χ1n) is 6.14. The van der Waals surface area contributed by atoms with Gasteiger partial charge in [-0.25, -0.2) is 4.98 Å². The lowest BCUT2D eigenvalue weighted by molar-refractivity contribution is 0.415. The van der Waals surface area contributed by atoms with Gasteiger partial charge in [-0.3, -0.25) is 4.90 Å². The van der Waals surface area contributed by atoms with Crippen LogP contribution in [0.4, 0.5) is 5.82 Å². The second-order valence-electron chi connectivity index (χ2n) is 4.71. The first-order chi connectivity index (χ1) is 8.76. The van der Waals surface area contributed by atoms with Crippen LogP contribution in [0.25, 0.3) is 10.9 Å². The number of benzene rings is 1. The minimum Gasteiger partial charge on any atom is -0.497 e. The Labute approximate surface area is 107 Å². The summed E-state index contributed by atoms with van der Waals surface area (Å²) in [5.41, 5.74) is 1.02. The van der Waals surface area contributed by atoms with E-state index in [2.05, 4.69) is 29.0 Å². The van der Waals surface area contributed by atoms with Crippen molar-refractivity contribution in [2.75, 3.05) is 38.8 Å². The Bertz CT molecular complexity index is 570. The third kappa shape index (κ3) is 1.99. The molecule has 0 bridgehead atoms. The fourth-order valence-electron chi connectivity index (χ4n) is 2.31. The Morgan fingerprint density at radius 1 is 1.17 bits per heavy atom. The summed E-state index contributed by atoms with van der Waals surface area (Å²) >= 11 is 0. The second kappa shape index (κ2) is 4.46. The van der Waals surface area contributed by atoms with E-state index in [-0.39, 0.29) is 0 Å². The van der Waals surface area contributed by atoms with Crippen LogP contribution in [0, 0.1) is 0 Å². The van der Waals surface area contributed by atoms with Crippen molar-refractivity contribution in [2.45, 2.75) is 0 Å². The Balaban J connectivity index is 1.96. The van der Waals surface area contributed by atoms with E-state index in [1.54, 1.807) is 7.11 Å². The maximum absolute atomic E-state index is 5.22. The predicted molar refractivity (Wildman–Crippen MR) is 73.1 cm³/mol. The van der Waals surface area contributed by atoms with Crippen molar-refractivity contribution in [1.82, 2.24) is 9.88 Å². The van der Waals surface area contributed by atoms with Crippen molar-refractivity contribution in [3.05, 3.63) is 30.3 Å². The van der Waals surface area contributed by atoms with Gasteiger partial charge in [0.05, 0.1) is 19.3 Å². The van der Waals surface area contributed by atoms with Crippen molar-refractivity contribution < 1.29 is 4.74 Å². The van der Waals surface area contributed by atoms with Gasteiger partial charge >= 0.3 is 0 Å².